The summed E-state index contributed by atoms with van der Waals surface area (Å²) >= 11 is 0. The molecule has 1 aromatic carbocycles. The van der Waals surface area contributed by atoms with Crippen LogP contribution in [0.1, 0.15) is 34.2 Å². The van der Waals surface area contributed by atoms with Crippen LogP contribution in [-0.2, 0) is 20.0 Å². The first kappa shape index (κ1) is 14.1. The Labute approximate surface area is 118 Å². The Morgan fingerprint density at radius 3 is 2.85 bits per heavy atom. The lowest BCUT2D eigenvalue weighted by atomic mass is 10.1. The van der Waals surface area contributed by atoms with Crippen molar-refractivity contribution < 1.29 is 4.79 Å². The van der Waals surface area contributed by atoms with Gasteiger partial charge in [-0.25, -0.2) is 0 Å². The van der Waals surface area contributed by atoms with Crippen LogP contribution in [0, 0.1) is 6.92 Å². The molecule has 0 atom stereocenters. The lowest BCUT2D eigenvalue weighted by molar-refractivity contribution is 0.0941. The zero-order valence-electron chi connectivity index (χ0n) is 12.1. The van der Waals surface area contributed by atoms with Crippen LogP contribution in [0.15, 0.2) is 24.3 Å². The molecule has 3 N–H and O–H groups in total. The van der Waals surface area contributed by atoms with Crippen LogP contribution in [0.2, 0.25) is 0 Å². The number of carbonyl (C=O) groups excluding carboxylic acids is 1. The predicted molar refractivity (Wildman–Crippen MR) is 79.3 cm³/mol. The molecular weight excluding hydrogens is 252 g/mol. The third-order valence-electron chi connectivity index (χ3n) is 3.45. The van der Waals surface area contributed by atoms with Gasteiger partial charge in [-0.1, -0.05) is 19.1 Å². The van der Waals surface area contributed by atoms with Crippen molar-refractivity contribution in [1.82, 2.24) is 15.1 Å². The summed E-state index contributed by atoms with van der Waals surface area (Å²) in [6.07, 6.45) is 0.815. The van der Waals surface area contributed by atoms with E-state index in [-0.39, 0.29) is 5.91 Å². The maximum atomic E-state index is 12.2. The smallest absolute Gasteiger partial charge is 0.269 e. The fourth-order valence-corrected chi connectivity index (χ4v) is 2.07. The van der Waals surface area contributed by atoms with E-state index in [2.05, 4.69) is 10.4 Å². The number of carbonyl (C=O) groups is 1. The van der Waals surface area contributed by atoms with E-state index in [1.165, 1.54) is 0 Å². The minimum Gasteiger partial charge on any atom is -0.399 e. The lowest BCUT2D eigenvalue weighted by Gasteiger charge is -2.09. The number of amides is 1. The van der Waals surface area contributed by atoms with Gasteiger partial charge in [0.2, 0.25) is 0 Å². The second-order valence-electron chi connectivity index (χ2n) is 4.81. The summed E-state index contributed by atoms with van der Waals surface area (Å²) in [6, 6.07) is 7.53. The molecule has 2 rings (SSSR count). The molecule has 0 fully saturated rings. The molecular formula is C15H20N4O. The van der Waals surface area contributed by atoms with Crippen LogP contribution in [0.3, 0.4) is 0 Å². The number of hydrogen-bond donors (Lipinski definition) is 2. The summed E-state index contributed by atoms with van der Waals surface area (Å²) in [5, 5.41) is 7.18. The van der Waals surface area contributed by atoms with E-state index >= 15 is 0 Å². The Morgan fingerprint density at radius 2 is 2.20 bits per heavy atom. The Bertz CT molecular complexity index is 631. The largest absolute Gasteiger partial charge is 0.399 e. The van der Waals surface area contributed by atoms with E-state index in [1.54, 1.807) is 11.7 Å². The molecule has 0 bridgehead atoms. The average molecular weight is 272 g/mol. The van der Waals surface area contributed by atoms with E-state index in [0.29, 0.717) is 12.2 Å². The summed E-state index contributed by atoms with van der Waals surface area (Å²) in [4.78, 5) is 12.2. The van der Waals surface area contributed by atoms with Gasteiger partial charge in [0, 0.05) is 19.3 Å². The standard InChI is InChI=1S/C15H20N4O/c1-4-12-8-14(19(3)18-12)15(20)17-9-11-6-5-7-13(16)10(11)2/h5-8H,4,9,16H2,1-3H3,(H,17,20). The fourth-order valence-electron chi connectivity index (χ4n) is 2.07. The lowest BCUT2D eigenvalue weighted by Crippen LogP contribution is -2.25. The van der Waals surface area contributed by atoms with Gasteiger partial charge in [-0.2, -0.15) is 5.10 Å². The van der Waals surface area contributed by atoms with Gasteiger partial charge < -0.3 is 11.1 Å². The highest BCUT2D eigenvalue weighted by Gasteiger charge is 2.12. The SMILES string of the molecule is CCc1cc(C(=O)NCc2cccc(N)c2C)n(C)n1. The Kier molecular flexibility index (Phi) is 4.08. The first-order valence-electron chi connectivity index (χ1n) is 6.68. The van der Waals surface area contributed by atoms with E-state index in [1.807, 2.05) is 38.1 Å². The quantitative estimate of drug-likeness (QED) is 0.834. The van der Waals surface area contributed by atoms with Crippen molar-refractivity contribution in [2.75, 3.05) is 5.73 Å². The molecule has 5 heteroatoms. The average Bonchev–Trinajstić information content (AvgIpc) is 2.81. The van der Waals surface area contributed by atoms with Gasteiger partial charge in [-0.3, -0.25) is 9.48 Å². The second-order valence-corrected chi connectivity index (χ2v) is 4.81. The van der Waals surface area contributed by atoms with Gasteiger partial charge in [-0.15, -0.1) is 0 Å². The van der Waals surface area contributed by atoms with Crippen molar-refractivity contribution in [2.45, 2.75) is 26.8 Å². The molecule has 5 nitrogen and oxygen atoms in total. The molecule has 1 aromatic heterocycles. The van der Waals surface area contributed by atoms with Crippen molar-refractivity contribution in [1.29, 1.82) is 0 Å². The topological polar surface area (TPSA) is 72.9 Å². The Balaban J connectivity index is 2.08. The Hall–Kier alpha value is -2.30. The predicted octanol–water partition coefficient (Wildman–Crippen LogP) is 1.80. The molecule has 2 aromatic rings. The molecule has 1 heterocycles. The molecule has 0 aliphatic rings. The van der Waals surface area contributed by atoms with E-state index in [0.717, 1.165) is 28.9 Å². The first-order chi connectivity index (χ1) is 9.52. The maximum absolute atomic E-state index is 12.2. The second kappa shape index (κ2) is 5.77. The van der Waals surface area contributed by atoms with Crippen LogP contribution in [0.5, 0.6) is 0 Å². The molecule has 0 saturated carbocycles. The number of nitrogens with two attached hydrogens (primary N) is 1. The number of nitrogens with zero attached hydrogens (tertiary/aromatic N) is 2. The molecule has 1 amide bonds. The zero-order chi connectivity index (χ0) is 14.7. The number of anilines is 1. The van der Waals surface area contributed by atoms with Crippen LogP contribution in [-0.4, -0.2) is 15.7 Å². The zero-order valence-corrected chi connectivity index (χ0v) is 12.1. The third-order valence-corrected chi connectivity index (χ3v) is 3.45. The van der Waals surface area contributed by atoms with Crippen molar-refractivity contribution >= 4 is 11.6 Å². The summed E-state index contributed by atoms with van der Waals surface area (Å²) < 4.78 is 1.61. The molecule has 0 radical (unpaired) electrons. The number of aromatic nitrogens is 2. The Morgan fingerprint density at radius 1 is 1.45 bits per heavy atom. The fraction of sp³-hybridized carbons (Fsp3) is 0.333. The maximum Gasteiger partial charge on any atom is 0.269 e. The number of hydrogen-bond acceptors (Lipinski definition) is 3. The van der Waals surface area contributed by atoms with Gasteiger partial charge in [0.05, 0.1) is 5.69 Å². The normalized spacial score (nSPS) is 10.6. The highest BCUT2D eigenvalue weighted by atomic mass is 16.2. The van der Waals surface area contributed by atoms with E-state index in [9.17, 15) is 4.79 Å². The van der Waals surface area contributed by atoms with Gasteiger partial charge in [0.25, 0.3) is 5.91 Å². The molecule has 0 unspecified atom stereocenters. The van der Waals surface area contributed by atoms with Crippen LogP contribution in [0.4, 0.5) is 5.69 Å². The van der Waals surface area contributed by atoms with Crippen LogP contribution in [0.25, 0.3) is 0 Å². The summed E-state index contributed by atoms with van der Waals surface area (Å²) in [5.41, 5.74) is 10.1. The highest BCUT2D eigenvalue weighted by molar-refractivity contribution is 5.92. The molecule has 0 aliphatic heterocycles. The van der Waals surface area contributed by atoms with Gasteiger partial charge in [0.15, 0.2) is 0 Å². The van der Waals surface area contributed by atoms with Crippen molar-refractivity contribution in [3.8, 4) is 0 Å². The first-order valence-corrected chi connectivity index (χ1v) is 6.68. The number of benzene rings is 1. The number of rotatable bonds is 4. The number of aryl methyl sites for hydroxylation is 2. The summed E-state index contributed by atoms with van der Waals surface area (Å²) in [6.45, 7) is 4.43. The third kappa shape index (κ3) is 2.82. The monoisotopic (exact) mass is 272 g/mol. The van der Waals surface area contributed by atoms with Crippen molar-refractivity contribution in [3.63, 3.8) is 0 Å². The highest BCUT2D eigenvalue weighted by Crippen LogP contribution is 2.15. The van der Waals surface area contributed by atoms with Crippen LogP contribution >= 0.6 is 0 Å². The molecule has 0 saturated heterocycles. The van der Waals surface area contributed by atoms with Gasteiger partial charge in [-0.05, 0) is 36.6 Å². The minimum atomic E-state index is -0.124. The molecule has 0 aliphatic carbocycles. The number of nitrogens with one attached hydrogen (secondary N) is 1. The van der Waals surface area contributed by atoms with E-state index in [4.69, 9.17) is 5.73 Å². The van der Waals surface area contributed by atoms with Gasteiger partial charge in [0.1, 0.15) is 5.69 Å². The molecule has 106 valence electrons. The minimum absolute atomic E-state index is 0.124. The van der Waals surface area contributed by atoms with Crippen molar-refractivity contribution in [3.05, 3.63) is 46.8 Å². The van der Waals surface area contributed by atoms with Crippen LogP contribution < -0.4 is 11.1 Å². The summed E-state index contributed by atoms with van der Waals surface area (Å²) in [7, 11) is 1.78. The number of nitrogen functional groups attached to an aromatic ring is 1. The van der Waals surface area contributed by atoms with E-state index < -0.39 is 0 Å². The molecule has 0 spiro atoms. The van der Waals surface area contributed by atoms with Crippen molar-refractivity contribution in [2.24, 2.45) is 7.05 Å². The summed E-state index contributed by atoms with van der Waals surface area (Å²) in [5.74, 6) is -0.124. The molecule has 20 heavy (non-hydrogen) atoms. The van der Waals surface area contributed by atoms with Gasteiger partial charge >= 0.3 is 0 Å².